The van der Waals surface area contributed by atoms with Crippen LogP contribution in [0.3, 0.4) is 0 Å². The smallest absolute Gasteiger partial charge is 0.306 e. The highest BCUT2D eigenvalue weighted by molar-refractivity contribution is 7.99. The van der Waals surface area contributed by atoms with Crippen molar-refractivity contribution in [2.24, 2.45) is 11.8 Å². The number of pyridine rings is 1. The summed E-state index contributed by atoms with van der Waals surface area (Å²) >= 11 is 1.67. The highest BCUT2D eigenvalue weighted by Gasteiger charge is 2.37. The van der Waals surface area contributed by atoms with E-state index in [1.165, 1.54) is 25.7 Å². The number of carbonyl (C=O) groups is 1. The fourth-order valence-corrected chi connectivity index (χ4v) is 5.13. The van der Waals surface area contributed by atoms with Crippen molar-refractivity contribution in [3.63, 3.8) is 0 Å². The van der Waals surface area contributed by atoms with Gasteiger partial charge in [-0.3, -0.25) is 4.79 Å². The topological polar surface area (TPSA) is 51.7 Å². The molecule has 0 aliphatic carbocycles. The Balaban J connectivity index is 1.48. The first kappa shape index (κ1) is 22.3. The van der Waals surface area contributed by atoms with E-state index < -0.39 is 0 Å². The van der Waals surface area contributed by atoms with E-state index in [1.807, 2.05) is 12.3 Å². The van der Waals surface area contributed by atoms with Crippen LogP contribution in [0.4, 0.5) is 5.82 Å². The number of unbranched alkanes of at least 4 members (excludes halogenated alkanes) is 1. The van der Waals surface area contributed by atoms with Gasteiger partial charge in [0.25, 0.3) is 0 Å². The fourth-order valence-electron chi connectivity index (χ4n) is 4.21. The van der Waals surface area contributed by atoms with Crippen molar-refractivity contribution in [3.05, 3.63) is 12.3 Å². The summed E-state index contributed by atoms with van der Waals surface area (Å²) in [4.78, 5) is 20.3. The lowest BCUT2D eigenvalue weighted by molar-refractivity contribution is -0.144. The van der Waals surface area contributed by atoms with Crippen molar-refractivity contribution in [1.82, 2.24) is 4.98 Å². The normalized spacial score (nSPS) is 21.3. The molecule has 3 atom stereocenters. The Morgan fingerprint density at radius 1 is 1.41 bits per heavy atom. The van der Waals surface area contributed by atoms with Crippen LogP contribution in [0.25, 0.3) is 0 Å². The maximum Gasteiger partial charge on any atom is 0.306 e. The Bertz CT molecular complexity index is 670. The van der Waals surface area contributed by atoms with Gasteiger partial charge in [0.1, 0.15) is 6.61 Å². The quantitative estimate of drug-likeness (QED) is 0.357. The van der Waals surface area contributed by atoms with Crippen LogP contribution in [0.15, 0.2) is 17.2 Å². The first-order chi connectivity index (χ1) is 14.2. The van der Waals surface area contributed by atoms with Gasteiger partial charge in [0.05, 0.1) is 24.0 Å². The van der Waals surface area contributed by atoms with Gasteiger partial charge < -0.3 is 14.4 Å². The maximum absolute atomic E-state index is 12.1. The number of carbonyl (C=O) groups excluding carboxylic acids is 1. The number of rotatable bonds is 11. The average Bonchev–Trinajstić information content (AvgIpc) is 3.18. The lowest BCUT2D eigenvalue weighted by Crippen LogP contribution is -2.38. The third-order valence-corrected chi connectivity index (χ3v) is 7.25. The second-order valence-electron chi connectivity index (χ2n) is 8.29. The lowest BCUT2D eigenvalue weighted by atomic mass is 10.0. The number of esters is 1. The summed E-state index contributed by atoms with van der Waals surface area (Å²) in [6, 6.07) is 2.45. The number of hydrogen-bond donors (Lipinski definition) is 0. The second kappa shape index (κ2) is 11.1. The molecule has 29 heavy (non-hydrogen) atoms. The van der Waals surface area contributed by atoms with Crippen molar-refractivity contribution in [3.8, 4) is 5.75 Å². The van der Waals surface area contributed by atoms with Gasteiger partial charge in [-0.2, -0.15) is 0 Å². The van der Waals surface area contributed by atoms with Crippen LogP contribution >= 0.6 is 11.8 Å². The van der Waals surface area contributed by atoms with Gasteiger partial charge >= 0.3 is 5.97 Å². The molecule has 3 heterocycles. The summed E-state index contributed by atoms with van der Waals surface area (Å²) < 4.78 is 11.6. The summed E-state index contributed by atoms with van der Waals surface area (Å²) in [7, 11) is 0. The Morgan fingerprint density at radius 3 is 3.03 bits per heavy atom. The molecule has 0 amide bonds. The Morgan fingerprint density at radius 2 is 2.28 bits per heavy atom. The number of aromatic nitrogens is 1. The Hall–Kier alpha value is -1.43. The Labute approximate surface area is 179 Å². The van der Waals surface area contributed by atoms with E-state index >= 15 is 0 Å². The van der Waals surface area contributed by atoms with Crippen molar-refractivity contribution in [2.45, 2.75) is 76.7 Å². The predicted octanol–water partition coefficient (Wildman–Crippen LogP) is 5.32. The molecule has 1 aromatic rings. The number of ether oxygens (including phenoxy) is 2. The van der Waals surface area contributed by atoms with Crippen molar-refractivity contribution in [2.75, 3.05) is 30.4 Å². The van der Waals surface area contributed by atoms with Crippen LogP contribution in [0, 0.1) is 11.8 Å². The van der Waals surface area contributed by atoms with E-state index in [4.69, 9.17) is 9.47 Å². The minimum Gasteiger partial charge on any atom is -0.486 e. The molecule has 2 aliphatic rings. The molecule has 1 aromatic heterocycles. The maximum atomic E-state index is 12.1. The van der Waals surface area contributed by atoms with E-state index in [0.29, 0.717) is 30.7 Å². The standard InChI is InChI=1S/C23H36N2O3S/c1-4-7-8-17(5-2)15-27-21(26)10-12-29-20-9-11-24-23-22(20)28-16-19-13-18(6-3)14-25(19)23/h9,11,17-19H,4-8,10,12-16H2,1-3H3/t17?,18?,19-/m0/s1. The summed E-state index contributed by atoms with van der Waals surface area (Å²) in [5.41, 5.74) is 0. The molecule has 5 nitrogen and oxygen atoms in total. The molecule has 162 valence electrons. The highest BCUT2D eigenvalue weighted by atomic mass is 32.2. The van der Waals surface area contributed by atoms with Gasteiger partial charge in [0, 0.05) is 18.5 Å². The molecule has 0 bridgehead atoms. The van der Waals surface area contributed by atoms with Crippen LogP contribution in [0.5, 0.6) is 5.75 Å². The molecule has 6 heteroatoms. The first-order valence-corrected chi connectivity index (χ1v) is 12.3. The third kappa shape index (κ3) is 5.80. The third-order valence-electron chi connectivity index (χ3n) is 6.21. The second-order valence-corrected chi connectivity index (χ2v) is 9.42. The average molecular weight is 421 g/mol. The highest BCUT2D eigenvalue weighted by Crippen LogP contribution is 2.43. The number of anilines is 1. The number of fused-ring (bicyclic) bond motifs is 3. The zero-order valence-corrected chi connectivity index (χ0v) is 19.0. The minimum atomic E-state index is -0.0957. The van der Waals surface area contributed by atoms with Crippen molar-refractivity contribution >= 4 is 23.5 Å². The predicted molar refractivity (Wildman–Crippen MR) is 119 cm³/mol. The number of nitrogens with zero attached hydrogens (tertiary/aromatic N) is 2. The zero-order chi connectivity index (χ0) is 20.6. The summed E-state index contributed by atoms with van der Waals surface area (Å²) in [5.74, 6) is 3.70. The van der Waals surface area contributed by atoms with E-state index in [0.717, 1.165) is 48.4 Å². The molecule has 1 saturated heterocycles. The van der Waals surface area contributed by atoms with Crippen molar-refractivity contribution < 1.29 is 14.3 Å². The molecule has 0 spiro atoms. The van der Waals surface area contributed by atoms with Crippen LogP contribution < -0.4 is 9.64 Å². The number of hydrogen-bond acceptors (Lipinski definition) is 6. The monoisotopic (exact) mass is 420 g/mol. The van der Waals surface area contributed by atoms with Gasteiger partial charge in [-0.1, -0.05) is 46.5 Å². The first-order valence-electron chi connectivity index (χ1n) is 11.3. The molecule has 0 radical (unpaired) electrons. The van der Waals surface area contributed by atoms with Crippen LogP contribution in [0.1, 0.15) is 65.7 Å². The van der Waals surface area contributed by atoms with E-state index in [2.05, 4.69) is 30.7 Å². The fraction of sp³-hybridized carbons (Fsp3) is 0.739. The van der Waals surface area contributed by atoms with Crippen LogP contribution in [0.2, 0.25) is 0 Å². The molecule has 0 N–H and O–H groups in total. The molecule has 2 unspecified atom stereocenters. The van der Waals surface area contributed by atoms with E-state index in [1.54, 1.807) is 11.8 Å². The molecule has 0 aromatic carbocycles. The molecule has 0 saturated carbocycles. The van der Waals surface area contributed by atoms with E-state index in [9.17, 15) is 4.79 Å². The zero-order valence-electron chi connectivity index (χ0n) is 18.2. The van der Waals surface area contributed by atoms with Crippen LogP contribution in [-0.4, -0.2) is 42.5 Å². The van der Waals surface area contributed by atoms with Gasteiger partial charge in [0.2, 0.25) is 0 Å². The Kier molecular flexibility index (Phi) is 8.52. The molecular weight excluding hydrogens is 384 g/mol. The number of thioether (sulfide) groups is 1. The summed E-state index contributed by atoms with van der Waals surface area (Å²) in [6.45, 7) is 9.00. The summed E-state index contributed by atoms with van der Waals surface area (Å²) in [5, 5.41) is 0. The SMILES string of the molecule is CCCCC(CC)COC(=O)CCSc1ccnc2c1OC[C@@H]1CC(CC)CN21. The van der Waals surface area contributed by atoms with E-state index in [-0.39, 0.29) is 5.97 Å². The van der Waals surface area contributed by atoms with Gasteiger partial charge in [-0.25, -0.2) is 4.98 Å². The molecule has 2 aliphatic heterocycles. The summed E-state index contributed by atoms with van der Waals surface area (Å²) in [6.07, 6.45) is 9.30. The largest absolute Gasteiger partial charge is 0.486 e. The molecular formula is C23H36N2O3S. The van der Waals surface area contributed by atoms with Gasteiger partial charge in [0.15, 0.2) is 11.6 Å². The molecule has 3 rings (SSSR count). The van der Waals surface area contributed by atoms with Crippen molar-refractivity contribution in [1.29, 1.82) is 0 Å². The minimum absolute atomic E-state index is 0.0957. The van der Waals surface area contributed by atoms with Gasteiger partial charge in [-0.05, 0) is 30.7 Å². The van der Waals surface area contributed by atoms with Gasteiger partial charge in [-0.15, -0.1) is 11.8 Å². The molecule has 1 fully saturated rings. The lowest BCUT2D eigenvalue weighted by Gasteiger charge is -2.33. The van der Waals surface area contributed by atoms with Crippen LogP contribution in [-0.2, 0) is 9.53 Å².